The third-order valence-corrected chi connectivity index (χ3v) is 3.29. The van der Waals surface area contributed by atoms with Crippen LogP contribution in [0.25, 0.3) is 0 Å². The van der Waals surface area contributed by atoms with Gasteiger partial charge in [0.15, 0.2) is 0 Å². The van der Waals surface area contributed by atoms with E-state index in [1.165, 1.54) is 12.1 Å². The maximum Gasteiger partial charge on any atom is 0.128 e. The average molecular weight is 303 g/mol. The van der Waals surface area contributed by atoms with Gasteiger partial charge < -0.3 is 11.1 Å². The molecule has 100 valence electrons. The second-order valence-corrected chi connectivity index (χ2v) is 4.76. The van der Waals surface area contributed by atoms with Gasteiger partial charge in [-0.1, -0.05) is 23.2 Å². The second-order valence-electron chi connectivity index (χ2n) is 3.94. The van der Waals surface area contributed by atoms with Crippen molar-refractivity contribution in [3.8, 4) is 0 Å². The van der Waals surface area contributed by atoms with Gasteiger partial charge in [-0.2, -0.15) is 0 Å². The van der Waals surface area contributed by atoms with Crippen LogP contribution in [0, 0.1) is 11.6 Å². The third-order valence-electron chi connectivity index (χ3n) is 2.57. The molecule has 0 aliphatic rings. The highest BCUT2D eigenvalue weighted by Gasteiger charge is 2.07. The summed E-state index contributed by atoms with van der Waals surface area (Å²) in [6.07, 6.45) is 0. The molecule has 0 saturated heterocycles. The molecule has 0 aromatic heterocycles. The lowest BCUT2D eigenvalue weighted by Crippen LogP contribution is -2.04. The van der Waals surface area contributed by atoms with Gasteiger partial charge in [-0.3, -0.25) is 0 Å². The Kier molecular flexibility index (Phi) is 4.12. The first-order valence-corrected chi connectivity index (χ1v) is 6.15. The van der Waals surface area contributed by atoms with Gasteiger partial charge >= 0.3 is 0 Å². The fourth-order valence-corrected chi connectivity index (χ4v) is 1.92. The van der Waals surface area contributed by atoms with E-state index in [0.29, 0.717) is 21.4 Å². The summed E-state index contributed by atoms with van der Waals surface area (Å²) in [6.45, 7) is 0.0890. The van der Waals surface area contributed by atoms with Crippen molar-refractivity contribution in [2.24, 2.45) is 0 Å². The Bertz CT molecular complexity index is 618. The number of hydrogen-bond donors (Lipinski definition) is 2. The molecule has 0 bridgehead atoms. The molecule has 0 aliphatic heterocycles. The first-order chi connectivity index (χ1) is 8.97. The lowest BCUT2D eigenvalue weighted by Gasteiger charge is -2.11. The molecular weight excluding hydrogens is 293 g/mol. The minimum atomic E-state index is -0.500. The Balaban J connectivity index is 2.19. The summed E-state index contributed by atoms with van der Waals surface area (Å²) in [5.74, 6) is -0.993. The second kappa shape index (κ2) is 5.63. The Morgan fingerprint density at radius 3 is 2.47 bits per heavy atom. The number of halogens is 4. The standard InChI is InChI=1S/C13H10Cl2F2N2/c14-9-4-12(18)13(5-10(9)15)19-6-7-3-8(16)1-2-11(7)17/h1-5,19H,6,18H2. The molecule has 0 saturated carbocycles. The van der Waals surface area contributed by atoms with Crippen LogP contribution in [-0.2, 0) is 6.54 Å². The van der Waals surface area contributed by atoms with Crippen LogP contribution in [0.15, 0.2) is 30.3 Å². The fraction of sp³-hybridized carbons (Fsp3) is 0.0769. The molecule has 0 spiro atoms. The highest BCUT2D eigenvalue weighted by Crippen LogP contribution is 2.31. The fourth-order valence-electron chi connectivity index (χ4n) is 1.58. The smallest absolute Gasteiger partial charge is 0.128 e. The predicted molar refractivity (Wildman–Crippen MR) is 74.6 cm³/mol. The number of anilines is 2. The monoisotopic (exact) mass is 302 g/mol. The van der Waals surface area contributed by atoms with Crippen molar-refractivity contribution in [2.45, 2.75) is 6.54 Å². The summed E-state index contributed by atoms with van der Waals surface area (Å²) in [5.41, 5.74) is 6.84. The summed E-state index contributed by atoms with van der Waals surface area (Å²) < 4.78 is 26.4. The van der Waals surface area contributed by atoms with Crippen LogP contribution >= 0.6 is 23.2 Å². The number of rotatable bonds is 3. The highest BCUT2D eigenvalue weighted by molar-refractivity contribution is 6.42. The van der Waals surface area contributed by atoms with Crippen LogP contribution in [-0.4, -0.2) is 0 Å². The molecule has 2 aromatic carbocycles. The molecule has 2 nitrogen and oxygen atoms in total. The van der Waals surface area contributed by atoms with Gasteiger partial charge in [0.25, 0.3) is 0 Å². The maximum atomic E-state index is 13.4. The number of benzene rings is 2. The molecule has 0 fully saturated rings. The molecule has 0 unspecified atom stereocenters. The normalized spacial score (nSPS) is 10.5. The Morgan fingerprint density at radius 1 is 1.05 bits per heavy atom. The summed E-state index contributed by atoms with van der Waals surface area (Å²) >= 11 is 11.7. The van der Waals surface area contributed by atoms with Crippen molar-refractivity contribution in [3.05, 3.63) is 57.6 Å². The zero-order valence-electron chi connectivity index (χ0n) is 9.68. The first kappa shape index (κ1) is 13.9. The quantitative estimate of drug-likeness (QED) is 0.821. The number of nitrogens with one attached hydrogen (secondary N) is 1. The van der Waals surface area contributed by atoms with E-state index in [-0.39, 0.29) is 12.1 Å². The van der Waals surface area contributed by atoms with E-state index in [1.807, 2.05) is 0 Å². The zero-order chi connectivity index (χ0) is 14.0. The van der Waals surface area contributed by atoms with Gasteiger partial charge in [0.05, 0.1) is 21.4 Å². The summed E-state index contributed by atoms with van der Waals surface area (Å²) in [4.78, 5) is 0. The van der Waals surface area contributed by atoms with Crippen LogP contribution in [0.5, 0.6) is 0 Å². The van der Waals surface area contributed by atoms with Crippen molar-refractivity contribution >= 4 is 34.6 Å². The zero-order valence-corrected chi connectivity index (χ0v) is 11.2. The van der Waals surface area contributed by atoms with Gasteiger partial charge in [-0.05, 0) is 30.3 Å². The number of nitrogens with two attached hydrogens (primary N) is 1. The third kappa shape index (κ3) is 3.28. The van der Waals surface area contributed by atoms with Crippen molar-refractivity contribution in [1.29, 1.82) is 0 Å². The summed E-state index contributed by atoms with van der Waals surface area (Å²) in [5, 5.41) is 3.56. The van der Waals surface area contributed by atoms with E-state index >= 15 is 0 Å². The van der Waals surface area contributed by atoms with Gasteiger partial charge in [-0.25, -0.2) is 8.78 Å². The van der Waals surface area contributed by atoms with Crippen molar-refractivity contribution in [1.82, 2.24) is 0 Å². The van der Waals surface area contributed by atoms with Crippen molar-refractivity contribution < 1.29 is 8.78 Å². The summed E-state index contributed by atoms with van der Waals surface area (Å²) in [7, 11) is 0. The van der Waals surface area contributed by atoms with Crippen molar-refractivity contribution in [3.63, 3.8) is 0 Å². The van der Waals surface area contributed by atoms with E-state index in [1.54, 1.807) is 0 Å². The minimum Gasteiger partial charge on any atom is -0.397 e. The van der Waals surface area contributed by atoms with Crippen LogP contribution in [0.3, 0.4) is 0 Å². The highest BCUT2D eigenvalue weighted by atomic mass is 35.5. The van der Waals surface area contributed by atoms with E-state index < -0.39 is 11.6 Å². The molecule has 0 amide bonds. The van der Waals surface area contributed by atoms with Gasteiger partial charge in [-0.15, -0.1) is 0 Å². The molecule has 2 aromatic rings. The Labute approximate surface area is 119 Å². The molecule has 6 heteroatoms. The van der Waals surface area contributed by atoms with Gasteiger partial charge in [0, 0.05) is 12.1 Å². The van der Waals surface area contributed by atoms with E-state index in [4.69, 9.17) is 28.9 Å². The predicted octanol–water partition coefficient (Wildman–Crippen LogP) is 4.47. The molecule has 2 rings (SSSR count). The lowest BCUT2D eigenvalue weighted by molar-refractivity contribution is 0.587. The Morgan fingerprint density at radius 2 is 1.74 bits per heavy atom. The van der Waals surface area contributed by atoms with Crippen molar-refractivity contribution in [2.75, 3.05) is 11.1 Å². The molecular formula is C13H10Cl2F2N2. The van der Waals surface area contributed by atoms with Crippen LogP contribution in [0.4, 0.5) is 20.2 Å². The van der Waals surface area contributed by atoms with Crippen LogP contribution in [0.1, 0.15) is 5.56 Å². The molecule has 0 radical (unpaired) electrons. The largest absolute Gasteiger partial charge is 0.397 e. The molecule has 0 heterocycles. The number of hydrogen-bond acceptors (Lipinski definition) is 2. The van der Waals surface area contributed by atoms with Gasteiger partial charge in [0.1, 0.15) is 11.6 Å². The van der Waals surface area contributed by atoms with Gasteiger partial charge in [0.2, 0.25) is 0 Å². The molecule has 0 aliphatic carbocycles. The summed E-state index contributed by atoms with van der Waals surface area (Å²) in [6, 6.07) is 6.29. The molecule has 19 heavy (non-hydrogen) atoms. The van der Waals surface area contributed by atoms with Crippen LogP contribution in [0.2, 0.25) is 10.0 Å². The van der Waals surface area contributed by atoms with E-state index in [2.05, 4.69) is 5.32 Å². The molecule has 0 atom stereocenters. The SMILES string of the molecule is Nc1cc(Cl)c(Cl)cc1NCc1cc(F)ccc1F. The van der Waals surface area contributed by atoms with E-state index in [9.17, 15) is 8.78 Å². The minimum absolute atomic E-state index is 0.0890. The first-order valence-electron chi connectivity index (χ1n) is 5.39. The van der Waals surface area contributed by atoms with Crippen LogP contribution < -0.4 is 11.1 Å². The lowest BCUT2D eigenvalue weighted by atomic mass is 10.2. The molecule has 3 N–H and O–H groups in total. The topological polar surface area (TPSA) is 38.0 Å². The average Bonchev–Trinajstić information content (AvgIpc) is 2.36. The van der Waals surface area contributed by atoms with E-state index in [0.717, 1.165) is 18.2 Å². The Hall–Kier alpha value is -1.52. The maximum absolute atomic E-state index is 13.4. The number of nitrogen functional groups attached to an aromatic ring is 1.